The summed E-state index contributed by atoms with van der Waals surface area (Å²) < 4.78 is 10.6. The average Bonchev–Trinajstić information content (AvgIpc) is 3.15. The molecule has 2 heterocycles. The largest absolute Gasteiger partial charge is 0.497 e. The summed E-state index contributed by atoms with van der Waals surface area (Å²) in [5, 5.41) is 4.07. The standard InChI is InChI=1S/C17H21N3O3/c1-4-20-10-13(9-16(20)21)17-18-15(23-19-17)8-12-5-6-14(22-3)7-11(12)2/h5-7,13H,4,8-10H2,1-3H3. The van der Waals surface area contributed by atoms with E-state index in [-0.39, 0.29) is 11.8 Å². The Labute approximate surface area is 135 Å². The number of nitrogens with zero attached hydrogens (tertiary/aromatic N) is 3. The van der Waals surface area contributed by atoms with Crippen LogP contribution in [0.25, 0.3) is 0 Å². The van der Waals surface area contributed by atoms with Gasteiger partial charge in [-0.1, -0.05) is 11.2 Å². The first-order chi connectivity index (χ1) is 11.1. The van der Waals surface area contributed by atoms with Gasteiger partial charge in [-0.2, -0.15) is 4.98 Å². The molecule has 0 N–H and O–H groups in total. The van der Waals surface area contributed by atoms with E-state index in [1.54, 1.807) is 7.11 Å². The van der Waals surface area contributed by atoms with Gasteiger partial charge in [0.1, 0.15) is 5.75 Å². The number of aromatic nitrogens is 2. The number of hydrogen-bond acceptors (Lipinski definition) is 5. The van der Waals surface area contributed by atoms with Crippen LogP contribution in [0.5, 0.6) is 5.75 Å². The monoisotopic (exact) mass is 315 g/mol. The highest BCUT2D eigenvalue weighted by Gasteiger charge is 2.32. The van der Waals surface area contributed by atoms with Crippen molar-refractivity contribution in [1.82, 2.24) is 15.0 Å². The molecule has 1 unspecified atom stereocenters. The van der Waals surface area contributed by atoms with Crippen molar-refractivity contribution >= 4 is 5.91 Å². The molecule has 1 amide bonds. The Morgan fingerprint density at radius 3 is 2.91 bits per heavy atom. The lowest BCUT2D eigenvalue weighted by Gasteiger charge is -2.11. The van der Waals surface area contributed by atoms with E-state index in [2.05, 4.69) is 10.1 Å². The topological polar surface area (TPSA) is 68.5 Å². The fourth-order valence-corrected chi connectivity index (χ4v) is 2.91. The SMILES string of the molecule is CCN1CC(c2noc(Cc3ccc(OC)cc3C)n2)CC1=O. The average molecular weight is 315 g/mol. The predicted molar refractivity (Wildman–Crippen MR) is 84.4 cm³/mol. The van der Waals surface area contributed by atoms with Crippen molar-refractivity contribution in [3.05, 3.63) is 41.0 Å². The number of likely N-dealkylation sites (N-methyl/N-ethyl adjacent to an activating group) is 1. The number of carbonyl (C=O) groups is 1. The summed E-state index contributed by atoms with van der Waals surface area (Å²) in [6.07, 6.45) is 1.05. The first-order valence-electron chi connectivity index (χ1n) is 7.84. The molecule has 1 saturated heterocycles. The number of hydrogen-bond donors (Lipinski definition) is 0. The fraction of sp³-hybridized carbons (Fsp3) is 0.471. The Morgan fingerprint density at radius 2 is 2.26 bits per heavy atom. The maximum atomic E-state index is 11.8. The number of ether oxygens (including phenoxy) is 1. The molecule has 122 valence electrons. The molecule has 1 atom stereocenters. The Hall–Kier alpha value is -2.37. The Kier molecular flexibility index (Phi) is 4.32. The molecule has 0 saturated carbocycles. The van der Waals surface area contributed by atoms with Crippen molar-refractivity contribution in [2.45, 2.75) is 32.6 Å². The van der Waals surface area contributed by atoms with Gasteiger partial charge >= 0.3 is 0 Å². The van der Waals surface area contributed by atoms with Crippen LogP contribution in [0.15, 0.2) is 22.7 Å². The lowest BCUT2D eigenvalue weighted by molar-refractivity contribution is -0.127. The molecule has 6 heteroatoms. The summed E-state index contributed by atoms with van der Waals surface area (Å²) in [5.41, 5.74) is 2.25. The minimum absolute atomic E-state index is 0.0388. The third kappa shape index (κ3) is 3.21. The second kappa shape index (κ2) is 6.40. The summed E-state index contributed by atoms with van der Waals surface area (Å²) in [7, 11) is 1.65. The van der Waals surface area contributed by atoms with Gasteiger partial charge in [-0.3, -0.25) is 4.79 Å². The maximum Gasteiger partial charge on any atom is 0.231 e. The Morgan fingerprint density at radius 1 is 1.43 bits per heavy atom. The van der Waals surface area contributed by atoms with Crippen molar-refractivity contribution in [3.8, 4) is 5.75 Å². The van der Waals surface area contributed by atoms with Crippen LogP contribution in [0.2, 0.25) is 0 Å². The smallest absolute Gasteiger partial charge is 0.231 e. The van der Waals surface area contributed by atoms with Gasteiger partial charge in [0.2, 0.25) is 11.8 Å². The molecule has 23 heavy (non-hydrogen) atoms. The number of amides is 1. The maximum absolute atomic E-state index is 11.8. The van der Waals surface area contributed by atoms with Gasteiger partial charge in [-0.05, 0) is 37.1 Å². The van der Waals surface area contributed by atoms with Gasteiger partial charge in [-0.15, -0.1) is 0 Å². The van der Waals surface area contributed by atoms with E-state index in [9.17, 15) is 4.79 Å². The van der Waals surface area contributed by atoms with Crippen molar-refractivity contribution in [2.75, 3.05) is 20.2 Å². The first-order valence-corrected chi connectivity index (χ1v) is 7.84. The first kappa shape index (κ1) is 15.5. The third-order valence-electron chi connectivity index (χ3n) is 4.34. The molecular weight excluding hydrogens is 294 g/mol. The Bertz CT molecular complexity index is 711. The number of aryl methyl sites for hydroxylation is 1. The van der Waals surface area contributed by atoms with Crippen LogP contribution < -0.4 is 4.74 Å². The van der Waals surface area contributed by atoms with Crippen LogP contribution >= 0.6 is 0 Å². The summed E-state index contributed by atoms with van der Waals surface area (Å²) in [6, 6.07) is 5.92. The zero-order valence-electron chi connectivity index (χ0n) is 13.7. The lowest BCUT2D eigenvalue weighted by Crippen LogP contribution is -2.24. The molecule has 6 nitrogen and oxygen atoms in total. The second-order valence-electron chi connectivity index (χ2n) is 5.85. The molecular formula is C17H21N3O3. The van der Waals surface area contributed by atoms with E-state index < -0.39 is 0 Å². The van der Waals surface area contributed by atoms with Crippen LogP contribution in [0, 0.1) is 6.92 Å². The van der Waals surface area contributed by atoms with E-state index in [0.29, 0.717) is 31.1 Å². The highest BCUT2D eigenvalue weighted by Crippen LogP contribution is 2.26. The molecule has 0 aliphatic carbocycles. The molecule has 3 rings (SSSR count). The van der Waals surface area contributed by atoms with E-state index in [1.807, 2.05) is 36.9 Å². The minimum atomic E-state index is 0.0388. The molecule has 1 aliphatic rings. The number of likely N-dealkylation sites (tertiary alicyclic amines) is 1. The predicted octanol–water partition coefficient (Wildman–Crippen LogP) is 2.31. The number of methoxy groups -OCH3 is 1. The summed E-state index contributed by atoms with van der Waals surface area (Å²) in [4.78, 5) is 18.1. The molecule has 0 radical (unpaired) electrons. The molecule has 1 aromatic heterocycles. The second-order valence-corrected chi connectivity index (χ2v) is 5.85. The van der Waals surface area contributed by atoms with Gasteiger partial charge in [0.15, 0.2) is 5.82 Å². The van der Waals surface area contributed by atoms with Crippen LogP contribution in [-0.4, -0.2) is 41.1 Å². The van der Waals surface area contributed by atoms with Crippen molar-refractivity contribution < 1.29 is 14.1 Å². The number of benzene rings is 1. The molecule has 1 aliphatic heterocycles. The summed E-state index contributed by atoms with van der Waals surface area (Å²) in [6.45, 7) is 5.42. The van der Waals surface area contributed by atoms with Crippen LogP contribution in [0.1, 0.15) is 42.1 Å². The fourth-order valence-electron chi connectivity index (χ4n) is 2.91. The zero-order chi connectivity index (χ0) is 16.4. The highest BCUT2D eigenvalue weighted by molar-refractivity contribution is 5.79. The van der Waals surface area contributed by atoms with Crippen LogP contribution in [0.3, 0.4) is 0 Å². The van der Waals surface area contributed by atoms with Crippen LogP contribution in [0.4, 0.5) is 0 Å². The highest BCUT2D eigenvalue weighted by atomic mass is 16.5. The lowest BCUT2D eigenvalue weighted by atomic mass is 10.1. The molecule has 1 aromatic carbocycles. The van der Waals surface area contributed by atoms with Crippen molar-refractivity contribution in [1.29, 1.82) is 0 Å². The normalized spacial score (nSPS) is 17.8. The quantitative estimate of drug-likeness (QED) is 0.847. The van der Waals surface area contributed by atoms with Gasteiger partial charge in [0.25, 0.3) is 0 Å². The zero-order valence-corrected chi connectivity index (χ0v) is 13.7. The Balaban J connectivity index is 1.72. The van der Waals surface area contributed by atoms with E-state index >= 15 is 0 Å². The van der Waals surface area contributed by atoms with Crippen molar-refractivity contribution in [3.63, 3.8) is 0 Å². The molecule has 1 fully saturated rings. The van der Waals surface area contributed by atoms with E-state index in [4.69, 9.17) is 9.26 Å². The van der Waals surface area contributed by atoms with Gasteiger partial charge in [-0.25, -0.2) is 0 Å². The summed E-state index contributed by atoms with van der Waals surface area (Å²) in [5.74, 6) is 2.25. The molecule has 0 bridgehead atoms. The number of carbonyl (C=O) groups excluding carboxylic acids is 1. The third-order valence-corrected chi connectivity index (χ3v) is 4.34. The minimum Gasteiger partial charge on any atom is -0.497 e. The van der Waals surface area contributed by atoms with Crippen LogP contribution in [-0.2, 0) is 11.2 Å². The van der Waals surface area contributed by atoms with Gasteiger partial charge < -0.3 is 14.2 Å². The number of rotatable bonds is 5. The van der Waals surface area contributed by atoms with Gasteiger partial charge in [0.05, 0.1) is 13.5 Å². The van der Waals surface area contributed by atoms with Gasteiger partial charge in [0, 0.05) is 25.4 Å². The molecule has 0 spiro atoms. The van der Waals surface area contributed by atoms with E-state index in [0.717, 1.165) is 23.4 Å². The summed E-state index contributed by atoms with van der Waals surface area (Å²) >= 11 is 0. The molecule has 2 aromatic rings. The van der Waals surface area contributed by atoms with E-state index in [1.165, 1.54) is 0 Å². The van der Waals surface area contributed by atoms with Crippen molar-refractivity contribution in [2.24, 2.45) is 0 Å².